The third-order valence-corrected chi connectivity index (χ3v) is 4.12. The van der Waals surface area contributed by atoms with E-state index in [-0.39, 0.29) is 11.8 Å². The molecule has 0 aliphatic heterocycles. The summed E-state index contributed by atoms with van der Waals surface area (Å²) in [6, 6.07) is 11.7. The smallest absolute Gasteiger partial charge is 0.255 e. The average molecular weight is 385 g/mol. The van der Waals surface area contributed by atoms with E-state index in [1.165, 1.54) is 7.11 Å². The lowest BCUT2D eigenvalue weighted by Gasteiger charge is -2.11. The van der Waals surface area contributed by atoms with Gasteiger partial charge in [-0.05, 0) is 63.5 Å². The summed E-state index contributed by atoms with van der Waals surface area (Å²) in [6.07, 6.45) is 0.880. The Kier molecular flexibility index (Phi) is 7.83. The Morgan fingerprint density at radius 3 is 2.07 bits per heavy atom. The molecule has 0 heterocycles. The van der Waals surface area contributed by atoms with E-state index in [2.05, 4.69) is 15.5 Å². The molecular weight excluding hydrogens is 358 g/mol. The average Bonchev–Trinajstić information content (AvgIpc) is 2.70. The summed E-state index contributed by atoms with van der Waals surface area (Å²) in [5.74, 6) is 0.693. The van der Waals surface area contributed by atoms with E-state index in [0.717, 1.165) is 13.0 Å². The molecule has 2 rings (SSSR count). The molecule has 0 atom stereocenters. The van der Waals surface area contributed by atoms with Crippen LogP contribution in [0.2, 0.25) is 0 Å². The summed E-state index contributed by atoms with van der Waals surface area (Å²) in [5.41, 5.74) is 1.57. The van der Waals surface area contributed by atoms with Crippen LogP contribution in [0.3, 0.4) is 0 Å². The first kappa shape index (κ1) is 21.2. The maximum absolute atomic E-state index is 12.4. The van der Waals surface area contributed by atoms with Crippen molar-refractivity contribution in [1.82, 2.24) is 10.2 Å². The van der Waals surface area contributed by atoms with Crippen molar-refractivity contribution in [2.45, 2.75) is 6.42 Å². The number of nitrogens with one attached hydrogen (secondary N) is 2. The van der Waals surface area contributed by atoms with Crippen LogP contribution in [0.4, 0.5) is 5.69 Å². The number of benzene rings is 2. The lowest BCUT2D eigenvalue weighted by Crippen LogP contribution is -2.27. The fourth-order valence-corrected chi connectivity index (χ4v) is 2.59. The van der Waals surface area contributed by atoms with Crippen LogP contribution >= 0.6 is 0 Å². The number of hydrogen-bond acceptors (Lipinski definition) is 5. The highest BCUT2D eigenvalue weighted by Crippen LogP contribution is 2.29. The maximum atomic E-state index is 12.4. The highest BCUT2D eigenvalue weighted by atomic mass is 16.5. The van der Waals surface area contributed by atoms with Crippen molar-refractivity contribution < 1.29 is 19.1 Å². The van der Waals surface area contributed by atoms with Crippen molar-refractivity contribution in [2.75, 3.05) is 46.7 Å². The molecule has 2 aromatic carbocycles. The molecule has 2 aromatic rings. The minimum Gasteiger partial charge on any atom is -0.493 e. The molecule has 150 valence electrons. The largest absolute Gasteiger partial charge is 0.493 e. The van der Waals surface area contributed by atoms with Crippen molar-refractivity contribution in [2.24, 2.45) is 0 Å². The van der Waals surface area contributed by atoms with E-state index < -0.39 is 0 Å². The maximum Gasteiger partial charge on any atom is 0.255 e. The molecule has 2 N–H and O–H groups in total. The Labute approximate surface area is 165 Å². The highest BCUT2D eigenvalue weighted by molar-refractivity contribution is 6.05. The molecule has 0 aliphatic rings. The molecule has 0 aromatic heterocycles. The fourth-order valence-electron chi connectivity index (χ4n) is 2.59. The van der Waals surface area contributed by atoms with Crippen molar-refractivity contribution in [3.8, 4) is 11.5 Å². The van der Waals surface area contributed by atoms with Crippen LogP contribution in [0, 0.1) is 0 Å². The minimum absolute atomic E-state index is 0.148. The van der Waals surface area contributed by atoms with Crippen LogP contribution < -0.4 is 20.1 Å². The second kappa shape index (κ2) is 10.3. The van der Waals surface area contributed by atoms with Gasteiger partial charge in [-0.25, -0.2) is 0 Å². The molecule has 0 fully saturated rings. The zero-order chi connectivity index (χ0) is 20.5. The predicted octanol–water partition coefficient (Wildman–Crippen LogP) is 2.64. The van der Waals surface area contributed by atoms with Crippen LogP contribution in [-0.2, 0) is 0 Å². The second-order valence-corrected chi connectivity index (χ2v) is 6.51. The summed E-state index contributed by atoms with van der Waals surface area (Å²) in [6.45, 7) is 1.52. The van der Waals surface area contributed by atoms with Crippen molar-refractivity contribution in [3.05, 3.63) is 53.6 Å². The lowest BCUT2D eigenvalue weighted by atomic mass is 10.1. The van der Waals surface area contributed by atoms with E-state index in [1.54, 1.807) is 49.6 Å². The first-order valence-corrected chi connectivity index (χ1v) is 9.01. The van der Waals surface area contributed by atoms with Gasteiger partial charge >= 0.3 is 0 Å². The number of amides is 2. The van der Waals surface area contributed by atoms with Crippen LogP contribution in [0.25, 0.3) is 0 Å². The van der Waals surface area contributed by atoms with Gasteiger partial charge in [0.15, 0.2) is 11.5 Å². The Morgan fingerprint density at radius 2 is 1.50 bits per heavy atom. The van der Waals surface area contributed by atoms with Gasteiger partial charge in [-0.15, -0.1) is 0 Å². The van der Waals surface area contributed by atoms with Gasteiger partial charge in [-0.3, -0.25) is 9.59 Å². The molecule has 0 spiro atoms. The van der Waals surface area contributed by atoms with Gasteiger partial charge in [0, 0.05) is 29.4 Å². The van der Waals surface area contributed by atoms with Gasteiger partial charge in [0.1, 0.15) is 0 Å². The molecule has 0 unspecified atom stereocenters. The third kappa shape index (κ3) is 5.99. The van der Waals surface area contributed by atoms with Crippen molar-refractivity contribution in [1.29, 1.82) is 0 Å². The van der Waals surface area contributed by atoms with Gasteiger partial charge in [0.2, 0.25) is 0 Å². The highest BCUT2D eigenvalue weighted by Gasteiger charge is 2.11. The van der Waals surface area contributed by atoms with E-state index in [4.69, 9.17) is 9.47 Å². The van der Waals surface area contributed by atoms with Crippen LogP contribution in [0.5, 0.6) is 11.5 Å². The molecule has 28 heavy (non-hydrogen) atoms. The standard InChI is InChI=1S/C21H27N3O4/c1-24(2)13-5-12-22-20(25)15-6-8-16(9-7-15)21(26)23-17-10-11-18(27-3)19(14-17)28-4/h6-11,14H,5,12-13H2,1-4H3,(H,22,25)(H,23,26). The molecule has 7 nitrogen and oxygen atoms in total. The predicted molar refractivity (Wildman–Crippen MR) is 109 cm³/mol. The number of hydrogen-bond donors (Lipinski definition) is 2. The number of nitrogens with zero attached hydrogens (tertiary/aromatic N) is 1. The van der Waals surface area contributed by atoms with E-state index in [9.17, 15) is 9.59 Å². The molecular formula is C21H27N3O4. The number of carbonyl (C=O) groups excluding carboxylic acids is 2. The van der Waals surface area contributed by atoms with Gasteiger partial charge in [-0.2, -0.15) is 0 Å². The summed E-state index contributed by atoms with van der Waals surface area (Å²) in [5, 5.41) is 5.68. The molecule has 0 bridgehead atoms. The molecule has 2 amide bonds. The van der Waals surface area contributed by atoms with Crippen LogP contribution in [-0.4, -0.2) is 58.1 Å². The van der Waals surface area contributed by atoms with Crippen molar-refractivity contribution in [3.63, 3.8) is 0 Å². The number of carbonyl (C=O) groups is 2. The first-order valence-electron chi connectivity index (χ1n) is 9.01. The monoisotopic (exact) mass is 385 g/mol. The molecule has 0 aliphatic carbocycles. The summed E-state index contributed by atoms with van der Waals surface area (Å²) in [4.78, 5) is 26.6. The van der Waals surface area contributed by atoms with Crippen molar-refractivity contribution >= 4 is 17.5 Å². The number of anilines is 1. The number of rotatable bonds is 9. The third-order valence-electron chi connectivity index (χ3n) is 4.12. The van der Waals surface area contributed by atoms with E-state index in [1.807, 2.05) is 14.1 Å². The van der Waals surface area contributed by atoms with Gasteiger partial charge in [0.05, 0.1) is 14.2 Å². The lowest BCUT2D eigenvalue weighted by molar-refractivity contribution is 0.0950. The fraction of sp³-hybridized carbons (Fsp3) is 0.333. The van der Waals surface area contributed by atoms with Gasteiger partial charge in [-0.1, -0.05) is 0 Å². The number of ether oxygens (including phenoxy) is 2. The zero-order valence-electron chi connectivity index (χ0n) is 16.7. The Morgan fingerprint density at radius 1 is 0.893 bits per heavy atom. The molecule has 0 radical (unpaired) electrons. The number of methoxy groups -OCH3 is 2. The van der Waals surface area contributed by atoms with Crippen LogP contribution in [0.1, 0.15) is 27.1 Å². The summed E-state index contributed by atoms with van der Waals surface area (Å²) >= 11 is 0. The minimum atomic E-state index is -0.273. The van der Waals surface area contributed by atoms with E-state index in [0.29, 0.717) is 34.9 Å². The van der Waals surface area contributed by atoms with E-state index >= 15 is 0 Å². The molecule has 7 heteroatoms. The summed E-state index contributed by atoms with van der Waals surface area (Å²) < 4.78 is 10.4. The zero-order valence-corrected chi connectivity index (χ0v) is 16.7. The van der Waals surface area contributed by atoms with Gasteiger partial charge in [0.25, 0.3) is 11.8 Å². The van der Waals surface area contributed by atoms with Crippen LogP contribution in [0.15, 0.2) is 42.5 Å². The topological polar surface area (TPSA) is 79.9 Å². The second-order valence-electron chi connectivity index (χ2n) is 6.51. The first-order chi connectivity index (χ1) is 13.4. The Hall–Kier alpha value is -3.06. The summed E-state index contributed by atoms with van der Waals surface area (Å²) in [7, 11) is 7.07. The SMILES string of the molecule is COc1ccc(NC(=O)c2ccc(C(=O)NCCCN(C)C)cc2)cc1OC. The normalized spacial score (nSPS) is 10.5. The van der Waals surface area contributed by atoms with Gasteiger partial charge < -0.3 is 25.0 Å². The molecule has 0 saturated heterocycles. The quantitative estimate of drug-likeness (QED) is 0.649. The molecule has 0 saturated carbocycles. The Balaban J connectivity index is 1.95. The Bertz CT molecular complexity index is 804.